The van der Waals surface area contributed by atoms with Gasteiger partial charge >= 0.3 is 0 Å². The molecule has 0 aliphatic heterocycles. The van der Waals surface area contributed by atoms with Crippen LogP contribution in [-0.2, 0) is 23.6 Å². The lowest BCUT2D eigenvalue weighted by molar-refractivity contribution is 0.0943. The van der Waals surface area contributed by atoms with Crippen LogP contribution in [0.5, 0.6) is 0 Å². The van der Waals surface area contributed by atoms with E-state index in [4.69, 9.17) is 4.52 Å². The van der Waals surface area contributed by atoms with Crippen molar-refractivity contribution in [3.63, 3.8) is 0 Å². The van der Waals surface area contributed by atoms with Crippen LogP contribution in [0, 0.1) is 0 Å². The van der Waals surface area contributed by atoms with Crippen molar-refractivity contribution in [2.45, 2.75) is 43.3 Å². The monoisotopic (exact) mass is 282 g/mol. The summed E-state index contributed by atoms with van der Waals surface area (Å²) in [4.78, 5) is 12.1. The molecule has 5 nitrogen and oxygen atoms in total. The number of carbonyl (C=O) groups excluding carboxylic acids is 1. The zero-order valence-corrected chi connectivity index (χ0v) is 11.8. The molecule has 1 atom stereocenters. The van der Waals surface area contributed by atoms with Crippen LogP contribution in [0.25, 0.3) is 0 Å². The molecule has 1 aromatic heterocycles. The second kappa shape index (κ2) is 4.74. The van der Waals surface area contributed by atoms with Crippen LogP contribution in [0.2, 0.25) is 0 Å². The normalized spacial score (nSPS) is 21.5. The summed E-state index contributed by atoms with van der Waals surface area (Å²) in [7, 11) is -0.889. The molecule has 2 aliphatic rings. The number of hydrogen-bond acceptors (Lipinski definition) is 4. The molecule has 3 rings (SSSR count). The summed E-state index contributed by atoms with van der Waals surface area (Å²) in [6.45, 7) is 0.469. The first-order chi connectivity index (χ1) is 9.12. The van der Waals surface area contributed by atoms with Crippen LogP contribution in [0.1, 0.15) is 47.5 Å². The molecule has 0 radical (unpaired) electrons. The predicted molar refractivity (Wildman–Crippen MR) is 71.5 cm³/mol. The fourth-order valence-electron chi connectivity index (χ4n) is 2.59. The molecule has 1 amide bonds. The molecule has 2 aliphatic carbocycles. The minimum Gasteiger partial charge on any atom is -0.360 e. The van der Waals surface area contributed by atoms with Gasteiger partial charge in [0.05, 0.1) is 4.75 Å². The quantitative estimate of drug-likeness (QED) is 0.900. The molecular weight excluding hydrogens is 264 g/mol. The summed E-state index contributed by atoms with van der Waals surface area (Å²) in [5, 5.41) is 6.77. The third kappa shape index (κ3) is 2.33. The molecule has 0 bridgehead atoms. The number of rotatable bonds is 4. The fraction of sp³-hybridized carbons (Fsp3) is 0.692. The van der Waals surface area contributed by atoms with Gasteiger partial charge in [0.1, 0.15) is 5.76 Å². The van der Waals surface area contributed by atoms with Crippen LogP contribution in [0.15, 0.2) is 4.52 Å². The van der Waals surface area contributed by atoms with Gasteiger partial charge in [-0.15, -0.1) is 0 Å². The summed E-state index contributed by atoms with van der Waals surface area (Å²) < 4.78 is 16.6. The zero-order valence-electron chi connectivity index (χ0n) is 11.0. The highest BCUT2D eigenvalue weighted by Crippen LogP contribution is 2.40. The van der Waals surface area contributed by atoms with Crippen LogP contribution in [0.3, 0.4) is 0 Å². The Morgan fingerprint density at radius 1 is 1.42 bits per heavy atom. The van der Waals surface area contributed by atoms with Crippen LogP contribution in [-0.4, -0.2) is 32.8 Å². The van der Waals surface area contributed by atoms with Crippen LogP contribution < -0.4 is 5.32 Å². The Morgan fingerprint density at radius 2 is 2.16 bits per heavy atom. The smallest absolute Gasteiger partial charge is 0.273 e. The lowest BCUT2D eigenvalue weighted by atomic mass is 9.96. The van der Waals surface area contributed by atoms with E-state index in [-0.39, 0.29) is 10.7 Å². The molecular formula is C13H18N2O3S. The average molecular weight is 282 g/mol. The molecule has 1 fully saturated rings. The number of aromatic nitrogens is 1. The maximum atomic E-state index is 12.1. The van der Waals surface area contributed by atoms with E-state index >= 15 is 0 Å². The van der Waals surface area contributed by atoms with Gasteiger partial charge < -0.3 is 9.84 Å². The van der Waals surface area contributed by atoms with Gasteiger partial charge in [0.2, 0.25) is 0 Å². The highest BCUT2D eigenvalue weighted by molar-refractivity contribution is 7.86. The number of fused-ring (bicyclic) bond motifs is 1. The molecule has 1 heterocycles. The van der Waals surface area contributed by atoms with Gasteiger partial charge in [-0.1, -0.05) is 5.16 Å². The summed E-state index contributed by atoms with van der Waals surface area (Å²) >= 11 is 0. The summed E-state index contributed by atoms with van der Waals surface area (Å²) in [5.74, 6) is 0.667. The summed E-state index contributed by atoms with van der Waals surface area (Å²) in [5.41, 5.74) is 1.39. The van der Waals surface area contributed by atoms with Crippen molar-refractivity contribution in [1.29, 1.82) is 0 Å². The molecule has 0 spiro atoms. The number of nitrogens with zero attached hydrogens (tertiary/aromatic N) is 1. The zero-order chi connectivity index (χ0) is 13.5. The summed E-state index contributed by atoms with van der Waals surface area (Å²) in [6.07, 6.45) is 7.47. The molecule has 104 valence electrons. The van der Waals surface area contributed by atoms with Crippen molar-refractivity contribution < 1.29 is 13.5 Å². The van der Waals surface area contributed by atoms with Gasteiger partial charge in [-0.2, -0.15) is 0 Å². The van der Waals surface area contributed by atoms with Crippen molar-refractivity contribution in [2.24, 2.45) is 0 Å². The van der Waals surface area contributed by atoms with Gasteiger partial charge in [-0.05, 0) is 32.1 Å². The van der Waals surface area contributed by atoms with Crippen molar-refractivity contribution in [2.75, 3.05) is 12.8 Å². The van der Waals surface area contributed by atoms with Crippen molar-refractivity contribution in [3.05, 3.63) is 17.0 Å². The largest absolute Gasteiger partial charge is 0.360 e. The van der Waals surface area contributed by atoms with E-state index < -0.39 is 10.8 Å². The number of aryl methyl sites for hydroxylation is 1. The highest BCUT2D eigenvalue weighted by atomic mass is 32.2. The topological polar surface area (TPSA) is 72.2 Å². The Kier molecular flexibility index (Phi) is 3.20. The number of carbonyl (C=O) groups is 1. The summed E-state index contributed by atoms with van der Waals surface area (Å²) in [6, 6.07) is 0. The van der Waals surface area contributed by atoms with E-state index in [0.29, 0.717) is 12.2 Å². The van der Waals surface area contributed by atoms with Crippen LogP contribution in [0.4, 0.5) is 0 Å². The third-order valence-electron chi connectivity index (χ3n) is 4.15. The van der Waals surface area contributed by atoms with E-state index in [0.717, 1.165) is 49.8 Å². The molecule has 0 aromatic carbocycles. The maximum Gasteiger partial charge on any atom is 0.273 e. The van der Waals surface area contributed by atoms with E-state index in [2.05, 4.69) is 10.5 Å². The Balaban J connectivity index is 1.68. The Labute approximate surface area is 114 Å². The number of nitrogens with one attached hydrogen (secondary N) is 1. The molecule has 1 aromatic rings. The second-order valence-electron chi connectivity index (χ2n) is 5.46. The first kappa shape index (κ1) is 12.8. The highest BCUT2D eigenvalue weighted by Gasteiger charge is 2.47. The average Bonchev–Trinajstić information content (AvgIpc) is 3.09. The van der Waals surface area contributed by atoms with E-state index in [1.165, 1.54) is 0 Å². The minimum atomic E-state index is -0.889. The van der Waals surface area contributed by atoms with Crippen molar-refractivity contribution >= 4 is 16.7 Å². The lowest BCUT2D eigenvalue weighted by Gasteiger charge is -2.13. The lowest BCUT2D eigenvalue weighted by Crippen LogP contribution is -2.36. The maximum absolute atomic E-state index is 12.1. The molecule has 6 heteroatoms. The van der Waals surface area contributed by atoms with Gasteiger partial charge in [0.15, 0.2) is 5.69 Å². The molecule has 1 N–H and O–H groups in total. The van der Waals surface area contributed by atoms with E-state index in [9.17, 15) is 9.00 Å². The van der Waals surface area contributed by atoms with Gasteiger partial charge in [-0.3, -0.25) is 9.00 Å². The Bertz CT molecular complexity index is 534. The van der Waals surface area contributed by atoms with Crippen molar-refractivity contribution in [3.8, 4) is 0 Å². The fourth-order valence-corrected chi connectivity index (χ4v) is 3.55. The molecule has 0 saturated heterocycles. The van der Waals surface area contributed by atoms with Gasteiger partial charge in [0, 0.05) is 35.6 Å². The Hall–Kier alpha value is -1.17. The van der Waals surface area contributed by atoms with Crippen LogP contribution >= 0.6 is 0 Å². The SMILES string of the molecule is C[S@@](=O)C1(CNC(=O)c2noc3c2CCCC3)CC1. The standard InChI is InChI=1S/C13H18N2O3S/c1-19(17)13(6-7-13)8-14-12(16)11-9-4-2-3-5-10(9)18-15-11/h2-8H2,1H3,(H,14,16)/t19-/m1/s1. The van der Waals surface area contributed by atoms with Gasteiger partial charge in [-0.25, -0.2) is 0 Å². The molecule has 19 heavy (non-hydrogen) atoms. The first-order valence-corrected chi connectivity index (χ1v) is 8.27. The second-order valence-corrected chi connectivity index (χ2v) is 7.23. The Morgan fingerprint density at radius 3 is 2.84 bits per heavy atom. The van der Waals surface area contributed by atoms with E-state index in [1.807, 2.05) is 0 Å². The predicted octanol–water partition coefficient (Wildman–Crippen LogP) is 1.19. The van der Waals surface area contributed by atoms with E-state index in [1.54, 1.807) is 6.26 Å². The minimum absolute atomic E-state index is 0.191. The third-order valence-corrected chi connectivity index (χ3v) is 5.93. The first-order valence-electron chi connectivity index (χ1n) is 6.71. The number of amides is 1. The van der Waals surface area contributed by atoms with Gasteiger partial charge in [0.25, 0.3) is 5.91 Å². The molecule has 1 saturated carbocycles. The van der Waals surface area contributed by atoms with Crippen molar-refractivity contribution in [1.82, 2.24) is 10.5 Å². The molecule has 0 unspecified atom stereocenters. The number of hydrogen-bond donors (Lipinski definition) is 1.